The van der Waals surface area contributed by atoms with E-state index < -0.39 is 5.82 Å². The molecule has 0 atom stereocenters. The lowest BCUT2D eigenvalue weighted by Gasteiger charge is -2.07. The highest BCUT2D eigenvalue weighted by atomic mass is 19.1. The molecule has 1 aromatic heterocycles. The molecular weight excluding hydrogens is 257 g/mol. The Morgan fingerprint density at radius 1 is 1.25 bits per heavy atom. The minimum Gasteiger partial charge on any atom is -0.489 e. The minimum absolute atomic E-state index is 0.262. The van der Waals surface area contributed by atoms with E-state index in [1.165, 1.54) is 12.1 Å². The molecule has 2 aromatic rings. The summed E-state index contributed by atoms with van der Waals surface area (Å²) in [6.45, 7) is 1.99. The Labute approximate surface area is 117 Å². The smallest absolute Gasteiger partial charge is 0.128 e. The zero-order valence-electron chi connectivity index (χ0n) is 11.1. The number of nitrogens with zero attached hydrogens (tertiary/aromatic N) is 1. The number of hydrogen-bond acceptors (Lipinski definition) is 3. The number of benzene rings is 1. The van der Waals surface area contributed by atoms with Crippen LogP contribution in [0.4, 0.5) is 4.39 Å². The molecule has 1 N–H and O–H groups in total. The molecule has 0 aliphatic carbocycles. The van der Waals surface area contributed by atoms with Gasteiger partial charge in [-0.05, 0) is 30.7 Å². The topological polar surface area (TPSA) is 42.4 Å². The van der Waals surface area contributed by atoms with E-state index in [1.54, 1.807) is 18.5 Å². The highest BCUT2D eigenvalue weighted by Crippen LogP contribution is 2.17. The maximum atomic E-state index is 13.4. The number of pyridine rings is 1. The molecule has 3 nitrogen and oxygen atoms in total. The summed E-state index contributed by atoms with van der Waals surface area (Å²) in [5, 5.41) is 8.64. The summed E-state index contributed by atoms with van der Waals surface area (Å²) < 4.78 is 19.0. The molecule has 2 rings (SSSR count). The molecule has 0 aliphatic rings. The Bertz CT molecular complexity index is 659. The molecule has 0 saturated carbocycles. The molecule has 20 heavy (non-hydrogen) atoms. The Kier molecular flexibility index (Phi) is 4.70. The zero-order chi connectivity index (χ0) is 14.4. The molecule has 102 valence electrons. The second-order valence-electron chi connectivity index (χ2n) is 4.29. The van der Waals surface area contributed by atoms with E-state index in [0.717, 1.165) is 11.1 Å². The van der Waals surface area contributed by atoms with E-state index >= 15 is 0 Å². The lowest BCUT2D eigenvalue weighted by Crippen LogP contribution is -1.97. The average molecular weight is 271 g/mol. The van der Waals surface area contributed by atoms with Crippen molar-refractivity contribution in [1.82, 2.24) is 4.98 Å². The highest BCUT2D eigenvalue weighted by molar-refractivity contribution is 5.40. The fourth-order valence-electron chi connectivity index (χ4n) is 1.72. The summed E-state index contributed by atoms with van der Waals surface area (Å²) in [5.74, 6) is 5.10. The number of aryl methyl sites for hydroxylation is 1. The van der Waals surface area contributed by atoms with Gasteiger partial charge in [0.15, 0.2) is 0 Å². The van der Waals surface area contributed by atoms with Gasteiger partial charge < -0.3 is 9.84 Å². The Balaban J connectivity index is 2.11. The summed E-state index contributed by atoms with van der Waals surface area (Å²) >= 11 is 0. The SMILES string of the molecule is Cc1cncc(COc2cc(F)cc(C#CCO)c2)c1. The van der Waals surface area contributed by atoms with Gasteiger partial charge in [0.25, 0.3) is 0 Å². The quantitative estimate of drug-likeness (QED) is 0.872. The fourth-order valence-corrected chi connectivity index (χ4v) is 1.72. The van der Waals surface area contributed by atoms with E-state index in [-0.39, 0.29) is 6.61 Å². The second-order valence-corrected chi connectivity index (χ2v) is 4.29. The zero-order valence-corrected chi connectivity index (χ0v) is 11.1. The van der Waals surface area contributed by atoms with Gasteiger partial charge in [-0.3, -0.25) is 4.98 Å². The number of aliphatic hydroxyl groups is 1. The van der Waals surface area contributed by atoms with E-state index in [2.05, 4.69) is 16.8 Å². The van der Waals surface area contributed by atoms with Gasteiger partial charge in [0, 0.05) is 29.6 Å². The molecule has 0 saturated heterocycles. The van der Waals surface area contributed by atoms with Crippen LogP contribution in [0.5, 0.6) is 5.75 Å². The number of aromatic nitrogens is 1. The summed E-state index contributed by atoms with van der Waals surface area (Å²) in [4.78, 5) is 4.07. The van der Waals surface area contributed by atoms with Gasteiger partial charge >= 0.3 is 0 Å². The number of aliphatic hydroxyl groups excluding tert-OH is 1. The Morgan fingerprint density at radius 3 is 2.85 bits per heavy atom. The van der Waals surface area contributed by atoms with Crippen molar-refractivity contribution in [2.24, 2.45) is 0 Å². The molecule has 0 aliphatic heterocycles. The van der Waals surface area contributed by atoms with Crippen LogP contribution >= 0.6 is 0 Å². The first-order valence-electron chi connectivity index (χ1n) is 6.11. The van der Waals surface area contributed by atoms with Crippen molar-refractivity contribution in [2.75, 3.05) is 6.61 Å². The van der Waals surface area contributed by atoms with E-state index in [9.17, 15) is 4.39 Å². The van der Waals surface area contributed by atoms with Crippen LogP contribution in [0.3, 0.4) is 0 Å². The standard InChI is InChI=1S/C16H14FNO2/c1-12-5-14(10-18-9-12)11-20-16-7-13(3-2-4-19)6-15(17)8-16/h5-10,19H,4,11H2,1H3. The number of halogens is 1. The normalized spacial score (nSPS) is 9.75. The van der Waals surface area contributed by atoms with Crippen molar-refractivity contribution in [3.63, 3.8) is 0 Å². The maximum absolute atomic E-state index is 13.4. The van der Waals surface area contributed by atoms with Gasteiger partial charge in [-0.1, -0.05) is 11.8 Å². The van der Waals surface area contributed by atoms with Crippen molar-refractivity contribution in [2.45, 2.75) is 13.5 Å². The molecule has 1 heterocycles. The monoisotopic (exact) mass is 271 g/mol. The third kappa shape index (κ3) is 4.08. The third-order valence-electron chi connectivity index (χ3n) is 2.52. The molecule has 0 radical (unpaired) electrons. The van der Waals surface area contributed by atoms with E-state index in [0.29, 0.717) is 17.9 Å². The van der Waals surface area contributed by atoms with E-state index in [1.807, 2.05) is 13.0 Å². The van der Waals surface area contributed by atoms with Gasteiger partial charge in [0.1, 0.15) is 24.8 Å². The summed E-state index contributed by atoms with van der Waals surface area (Å²) in [6, 6.07) is 6.19. The van der Waals surface area contributed by atoms with Crippen LogP contribution in [-0.2, 0) is 6.61 Å². The first-order chi connectivity index (χ1) is 9.67. The summed E-state index contributed by atoms with van der Waals surface area (Å²) in [6.07, 6.45) is 3.47. The van der Waals surface area contributed by atoms with Crippen molar-refractivity contribution < 1.29 is 14.2 Å². The summed E-state index contributed by atoms with van der Waals surface area (Å²) in [5.41, 5.74) is 2.42. The predicted octanol–water partition coefficient (Wildman–Crippen LogP) is 2.45. The van der Waals surface area contributed by atoms with Gasteiger partial charge in [0.05, 0.1) is 0 Å². The minimum atomic E-state index is -0.424. The van der Waals surface area contributed by atoms with Crippen molar-refractivity contribution in [3.8, 4) is 17.6 Å². The van der Waals surface area contributed by atoms with Crippen LogP contribution in [-0.4, -0.2) is 16.7 Å². The number of rotatable bonds is 3. The average Bonchev–Trinajstić information content (AvgIpc) is 2.42. The fraction of sp³-hybridized carbons (Fsp3) is 0.188. The molecule has 4 heteroatoms. The van der Waals surface area contributed by atoms with Crippen LogP contribution in [0.15, 0.2) is 36.7 Å². The first kappa shape index (κ1) is 14.0. The van der Waals surface area contributed by atoms with Gasteiger partial charge in [-0.15, -0.1) is 0 Å². The predicted molar refractivity (Wildman–Crippen MR) is 73.7 cm³/mol. The van der Waals surface area contributed by atoms with Crippen molar-refractivity contribution >= 4 is 0 Å². The van der Waals surface area contributed by atoms with Crippen molar-refractivity contribution in [3.05, 3.63) is 59.2 Å². The highest BCUT2D eigenvalue weighted by Gasteiger charge is 2.02. The van der Waals surface area contributed by atoms with E-state index in [4.69, 9.17) is 9.84 Å². The first-order valence-corrected chi connectivity index (χ1v) is 6.11. The number of ether oxygens (including phenoxy) is 1. The largest absolute Gasteiger partial charge is 0.489 e. The van der Waals surface area contributed by atoms with Crippen LogP contribution in [0, 0.1) is 24.6 Å². The molecule has 0 amide bonds. The van der Waals surface area contributed by atoms with Gasteiger partial charge in [-0.2, -0.15) is 0 Å². The third-order valence-corrected chi connectivity index (χ3v) is 2.52. The Morgan fingerprint density at radius 2 is 2.10 bits per heavy atom. The number of hydrogen-bond donors (Lipinski definition) is 1. The van der Waals surface area contributed by atoms with Crippen LogP contribution in [0.2, 0.25) is 0 Å². The lowest BCUT2D eigenvalue weighted by atomic mass is 10.2. The maximum Gasteiger partial charge on any atom is 0.128 e. The van der Waals surface area contributed by atoms with Crippen LogP contribution < -0.4 is 4.74 Å². The van der Waals surface area contributed by atoms with Crippen LogP contribution in [0.25, 0.3) is 0 Å². The molecule has 1 aromatic carbocycles. The Hall–Kier alpha value is -2.38. The molecule has 0 unspecified atom stereocenters. The summed E-state index contributed by atoms with van der Waals surface area (Å²) in [7, 11) is 0. The molecule has 0 fully saturated rings. The van der Waals surface area contributed by atoms with Gasteiger partial charge in [-0.25, -0.2) is 4.39 Å². The molecule has 0 spiro atoms. The van der Waals surface area contributed by atoms with Crippen molar-refractivity contribution in [1.29, 1.82) is 0 Å². The van der Waals surface area contributed by atoms with Crippen LogP contribution in [0.1, 0.15) is 16.7 Å². The molecular formula is C16H14FNO2. The molecule has 0 bridgehead atoms. The lowest BCUT2D eigenvalue weighted by molar-refractivity contribution is 0.304. The van der Waals surface area contributed by atoms with Gasteiger partial charge in [0.2, 0.25) is 0 Å². The second kappa shape index (κ2) is 6.69.